The van der Waals surface area contributed by atoms with Crippen LogP contribution in [0.2, 0.25) is 0 Å². The topological polar surface area (TPSA) is 64.2 Å². The Morgan fingerprint density at radius 3 is 2.64 bits per heavy atom. The van der Waals surface area contributed by atoms with Gasteiger partial charge in [0.15, 0.2) is 5.76 Å². The summed E-state index contributed by atoms with van der Waals surface area (Å²) >= 11 is 0. The van der Waals surface area contributed by atoms with Crippen LogP contribution in [0.25, 0.3) is 0 Å². The predicted octanol–water partition coefficient (Wildman–Crippen LogP) is 2.94. The molecule has 0 radical (unpaired) electrons. The van der Waals surface area contributed by atoms with E-state index in [4.69, 9.17) is 4.42 Å². The molecule has 0 aliphatic carbocycles. The van der Waals surface area contributed by atoms with Gasteiger partial charge in [-0.3, -0.25) is 4.79 Å². The molecule has 0 bridgehead atoms. The van der Waals surface area contributed by atoms with Crippen molar-refractivity contribution in [2.75, 3.05) is 13.1 Å². The van der Waals surface area contributed by atoms with Crippen molar-refractivity contribution >= 4 is 5.91 Å². The fourth-order valence-corrected chi connectivity index (χ4v) is 3.38. The molecule has 0 atom stereocenters. The van der Waals surface area contributed by atoms with Gasteiger partial charge in [0, 0.05) is 19.0 Å². The smallest absolute Gasteiger partial charge is 0.289 e. The molecule has 25 heavy (non-hydrogen) atoms. The van der Waals surface area contributed by atoms with Gasteiger partial charge in [-0.2, -0.15) is 0 Å². The first-order valence-corrected chi connectivity index (χ1v) is 8.55. The third-order valence-electron chi connectivity index (χ3n) is 4.72. The Hall–Kier alpha value is -2.89. The van der Waals surface area contributed by atoms with Crippen molar-refractivity contribution < 1.29 is 9.21 Å². The number of benzene rings is 1. The first-order valence-electron chi connectivity index (χ1n) is 8.55. The summed E-state index contributed by atoms with van der Waals surface area (Å²) in [6.07, 6.45) is 5.11. The molecule has 1 aromatic carbocycles. The van der Waals surface area contributed by atoms with Gasteiger partial charge < -0.3 is 13.9 Å². The monoisotopic (exact) mass is 336 g/mol. The maximum atomic E-state index is 12.4. The maximum absolute atomic E-state index is 12.4. The highest BCUT2D eigenvalue weighted by atomic mass is 16.3. The zero-order valence-electron chi connectivity index (χ0n) is 13.9. The molecule has 1 aliphatic heterocycles. The van der Waals surface area contributed by atoms with Crippen molar-refractivity contribution in [3.63, 3.8) is 0 Å². The lowest BCUT2D eigenvalue weighted by Gasteiger charge is -2.31. The van der Waals surface area contributed by atoms with Crippen LogP contribution >= 0.6 is 0 Å². The highest BCUT2D eigenvalue weighted by Gasteiger charge is 2.28. The van der Waals surface area contributed by atoms with Gasteiger partial charge in [-0.15, -0.1) is 10.2 Å². The second kappa shape index (κ2) is 6.93. The normalized spacial score (nSPS) is 15.4. The fourth-order valence-electron chi connectivity index (χ4n) is 3.38. The lowest BCUT2D eigenvalue weighted by molar-refractivity contribution is 0.0678. The van der Waals surface area contributed by atoms with Crippen molar-refractivity contribution in [3.8, 4) is 0 Å². The van der Waals surface area contributed by atoms with E-state index in [0.717, 1.165) is 25.2 Å². The highest BCUT2D eigenvalue weighted by molar-refractivity contribution is 5.91. The highest BCUT2D eigenvalue weighted by Crippen LogP contribution is 2.27. The standard InChI is InChI=1S/C19H20N4O2/c24-19(17-7-4-12-25-17)22-10-8-16(9-11-22)18-21-20-14-23(18)13-15-5-2-1-3-6-15/h1-7,12,14,16H,8-11,13H2. The van der Waals surface area contributed by atoms with Crippen LogP contribution in [0.15, 0.2) is 59.5 Å². The van der Waals surface area contributed by atoms with Crippen molar-refractivity contribution in [2.45, 2.75) is 25.3 Å². The van der Waals surface area contributed by atoms with Gasteiger partial charge in [0.1, 0.15) is 12.2 Å². The van der Waals surface area contributed by atoms with E-state index in [2.05, 4.69) is 26.9 Å². The quantitative estimate of drug-likeness (QED) is 0.735. The number of aromatic nitrogens is 3. The third kappa shape index (κ3) is 3.33. The molecule has 1 saturated heterocycles. The minimum Gasteiger partial charge on any atom is -0.459 e. The van der Waals surface area contributed by atoms with E-state index in [1.54, 1.807) is 18.5 Å². The Bertz CT molecular complexity index is 818. The van der Waals surface area contributed by atoms with E-state index in [9.17, 15) is 4.79 Å². The zero-order chi connectivity index (χ0) is 17.1. The Kier molecular flexibility index (Phi) is 4.33. The van der Waals surface area contributed by atoms with Gasteiger partial charge in [-0.05, 0) is 30.5 Å². The minimum absolute atomic E-state index is 0.0331. The van der Waals surface area contributed by atoms with E-state index in [1.807, 2.05) is 23.1 Å². The third-order valence-corrected chi connectivity index (χ3v) is 4.72. The van der Waals surface area contributed by atoms with Gasteiger partial charge in [-0.1, -0.05) is 30.3 Å². The molecular weight excluding hydrogens is 316 g/mol. The molecule has 4 rings (SSSR count). The molecule has 6 nitrogen and oxygen atoms in total. The average molecular weight is 336 g/mol. The Labute approximate surface area is 146 Å². The first kappa shape index (κ1) is 15.6. The molecule has 3 aromatic rings. The molecule has 6 heteroatoms. The number of furan rings is 1. The number of hydrogen-bond acceptors (Lipinski definition) is 4. The van der Waals surface area contributed by atoms with Gasteiger partial charge in [-0.25, -0.2) is 0 Å². The number of carbonyl (C=O) groups excluding carboxylic acids is 1. The number of piperidine rings is 1. The molecule has 0 saturated carbocycles. The predicted molar refractivity (Wildman–Crippen MR) is 92.2 cm³/mol. The Balaban J connectivity index is 1.42. The summed E-state index contributed by atoms with van der Waals surface area (Å²) in [5.74, 6) is 1.71. The van der Waals surface area contributed by atoms with Crippen LogP contribution in [-0.4, -0.2) is 38.7 Å². The van der Waals surface area contributed by atoms with E-state index in [0.29, 0.717) is 24.8 Å². The number of carbonyl (C=O) groups is 1. The Morgan fingerprint density at radius 2 is 1.92 bits per heavy atom. The molecule has 1 fully saturated rings. The van der Waals surface area contributed by atoms with Crippen LogP contribution in [0.5, 0.6) is 0 Å². The van der Waals surface area contributed by atoms with Crippen molar-refractivity contribution in [1.82, 2.24) is 19.7 Å². The van der Waals surface area contributed by atoms with E-state index in [1.165, 1.54) is 11.8 Å². The lowest BCUT2D eigenvalue weighted by Crippen LogP contribution is -2.38. The number of amides is 1. The van der Waals surface area contributed by atoms with Gasteiger partial charge >= 0.3 is 0 Å². The summed E-state index contributed by atoms with van der Waals surface area (Å²) in [6.45, 7) is 2.19. The van der Waals surface area contributed by atoms with Crippen LogP contribution < -0.4 is 0 Å². The minimum atomic E-state index is -0.0331. The van der Waals surface area contributed by atoms with Crippen LogP contribution in [0, 0.1) is 0 Å². The van der Waals surface area contributed by atoms with Crippen molar-refractivity contribution in [2.24, 2.45) is 0 Å². The summed E-state index contributed by atoms with van der Waals surface area (Å²) in [5.41, 5.74) is 1.23. The lowest BCUT2D eigenvalue weighted by atomic mass is 9.95. The number of nitrogens with zero attached hydrogens (tertiary/aromatic N) is 4. The molecule has 1 aliphatic rings. The molecule has 0 spiro atoms. The molecule has 1 amide bonds. The second-order valence-electron chi connectivity index (χ2n) is 6.35. The van der Waals surface area contributed by atoms with Crippen LogP contribution in [-0.2, 0) is 6.54 Å². The SMILES string of the molecule is O=C(c1ccco1)N1CCC(c2nncn2Cc2ccccc2)CC1. The molecule has 0 N–H and O–H groups in total. The fraction of sp³-hybridized carbons (Fsp3) is 0.316. The molecule has 3 heterocycles. The van der Waals surface area contributed by atoms with Crippen LogP contribution in [0.1, 0.15) is 40.7 Å². The average Bonchev–Trinajstić information content (AvgIpc) is 3.34. The van der Waals surface area contributed by atoms with Crippen LogP contribution in [0.3, 0.4) is 0 Å². The number of likely N-dealkylation sites (tertiary alicyclic amines) is 1. The van der Waals surface area contributed by atoms with E-state index >= 15 is 0 Å². The molecule has 0 unspecified atom stereocenters. The molecule has 128 valence electrons. The van der Waals surface area contributed by atoms with Crippen LogP contribution in [0.4, 0.5) is 0 Å². The van der Waals surface area contributed by atoms with Crippen molar-refractivity contribution in [1.29, 1.82) is 0 Å². The molecular formula is C19H20N4O2. The first-order chi connectivity index (χ1) is 12.3. The summed E-state index contributed by atoms with van der Waals surface area (Å²) in [5, 5.41) is 8.45. The largest absolute Gasteiger partial charge is 0.459 e. The Morgan fingerprint density at radius 1 is 1.12 bits per heavy atom. The number of rotatable bonds is 4. The van der Waals surface area contributed by atoms with E-state index < -0.39 is 0 Å². The maximum Gasteiger partial charge on any atom is 0.289 e. The van der Waals surface area contributed by atoms with Gasteiger partial charge in [0.2, 0.25) is 0 Å². The number of hydrogen-bond donors (Lipinski definition) is 0. The summed E-state index contributed by atoms with van der Waals surface area (Å²) in [6, 6.07) is 13.8. The van der Waals surface area contributed by atoms with Gasteiger partial charge in [0.05, 0.1) is 12.8 Å². The summed E-state index contributed by atoms with van der Waals surface area (Å²) < 4.78 is 7.33. The van der Waals surface area contributed by atoms with E-state index in [-0.39, 0.29) is 5.91 Å². The summed E-state index contributed by atoms with van der Waals surface area (Å²) in [4.78, 5) is 14.2. The summed E-state index contributed by atoms with van der Waals surface area (Å²) in [7, 11) is 0. The second-order valence-corrected chi connectivity index (χ2v) is 6.35. The van der Waals surface area contributed by atoms with Crippen molar-refractivity contribution in [3.05, 3.63) is 72.2 Å². The molecule has 2 aromatic heterocycles. The van der Waals surface area contributed by atoms with Gasteiger partial charge in [0.25, 0.3) is 5.91 Å². The zero-order valence-corrected chi connectivity index (χ0v) is 13.9.